The molecule has 0 bridgehead atoms. The van der Waals surface area contributed by atoms with E-state index in [-0.39, 0.29) is 18.1 Å². The number of ether oxygens (including phenoxy) is 2. The fraction of sp³-hybridized carbons (Fsp3) is 0.588. The number of para-hydroxylation sites is 1. The van der Waals surface area contributed by atoms with Crippen molar-refractivity contribution in [3.63, 3.8) is 0 Å². The summed E-state index contributed by atoms with van der Waals surface area (Å²) >= 11 is 1.68. The van der Waals surface area contributed by atoms with E-state index in [0.29, 0.717) is 5.75 Å². The summed E-state index contributed by atoms with van der Waals surface area (Å²) < 4.78 is 11.1. The van der Waals surface area contributed by atoms with Crippen LogP contribution in [-0.4, -0.2) is 54.4 Å². The Labute approximate surface area is 141 Å². The second-order valence-corrected chi connectivity index (χ2v) is 6.78. The summed E-state index contributed by atoms with van der Waals surface area (Å²) in [5.41, 5.74) is 1.05. The quantitative estimate of drug-likeness (QED) is 0.766. The van der Waals surface area contributed by atoms with Crippen LogP contribution in [0.1, 0.15) is 31.2 Å². The van der Waals surface area contributed by atoms with Gasteiger partial charge in [0.15, 0.2) is 11.5 Å². The zero-order chi connectivity index (χ0) is 16.2. The van der Waals surface area contributed by atoms with Crippen molar-refractivity contribution in [1.82, 2.24) is 9.80 Å². The lowest BCUT2D eigenvalue weighted by Crippen LogP contribution is -2.32. The van der Waals surface area contributed by atoms with Gasteiger partial charge in [0.05, 0.1) is 5.75 Å². The average Bonchev–Trinajstić information content (AvgIpc) is 3.18. The third-order valence-electron chi connectivity index (χ3n) is 4.43. The largest absolute Gasteiger partial charge is 0.454 e. The SMILES string of the molecule is CCN(CC)CCCN1C(=O)CSC1c1cccc2c1OCO2. The molecule has 5 nitrogen and oxygen atoms in total. The molecule has 1 atom stereocenters. The minimum absolute atomic E-state index is 0.0378. The molecule has 1 unspecified atom stereocenters. The maximum absolute atomic E-state index is 12.3. The number of fused-ring (bicyclic) bond motifs is 1. The molecule has 0 N–H and O–H groups in total. The van der Waals surface area contributed by atoms with Crippen LogP contribution in [0.4, 0.5) is 0 Å². The predicted octanol–water partition coefficient (Wildman–Crippen LogP) is 2.72. The Morgan fingerprint density at radius 1 is 1.30 bits per heavy atom. The Morgan fingerprint density at radius 3 is 2.91 bits per heavy atom. The molecular weight excluding hydrogens is 312 g/mol. The molecule has 2 heterocycles. The zero-order valence-electron chi connectivity index (χ0n) is 13.8. The molecule has 1 amide bonds. The first-order valence-electron chi connectivity index (χ1n) is 8.26. The minimum Gasteiger partial charge on any atom is -0.454 e. The summed E-state index contributed by atoms with van der Waals surface area (Å²) in [7, 11) is 0. The van der Waals surface area contributed by atoms with Crippen molar-refractivity contribution >= 4 is 17.7 Å². The minimum atomic E-state index is 0.0378. The molecule has 1 saturated heterocycles. The first-order valence-corrected chi connectivity index (χ1v) is 9.31. The zero-order valence-corrected chi connectivity index (χ0v) is 14.6. The van der Waals surface area contributed by atoms with Crippen molar-refractivity contribution in [3.8, 4) is 11.5 Å². The number of hydrogen-bond donors (Lipinski definition) is 0. The number of nitrogens with zero attached hydrogens (tertiary/aromatic N) is 2. The van der Waals surface area contributed by atoms with E-state index in [9.17, 15) is 4.79 Å². The molecule has 23 heavy (non-hydrogen) atoms. The Hall–Kier alpha value is -1.40. The Kier molecular flexibility index (Phi) is 5.33. The summed E-state index contributed by atoms with van der Waals surface area (Å²) in [5, 5.41) is 0.0378. The van der Waals surface area contributed by atoms with E-state index >= 15 is 0 Å². The number of thioether (sulfide) groups is 1. The van der Waals surface area contributed by atoms with Crippen molar-refractivity contribution in [3.05, 3.63) is 23.8 Å². The van der Waals surface area contributed by atoms with Crippen LogP contribution in [0.5, 0.6) is 11.5 Å². The second kappa shape index (κ2) is 7.45. The van der Waals surface area contributed by atoms with E-state index in [1.54, 1.807) is 11.8 Å². The summed E-state index contributed by atoms with van der Waals surface area (Å²) in [6.07, 6.45) is 0.997. The molecule has 2 aliphatic rings. The molecule has 2 aliphatic heterocycles. The van der Waals surface area contributed by atoms with E-state index in [1.807, 2.05) is 23.1 Å². The van der Waals surface area contributed by atoms with E-state index in [0.717, 1.165) is 49.7 Å². The van der Waals surface area contributed by atoms with Crippen LogP contribution >= 0.6 is 11.8 Å². The summed E-state index contributed by atoms with van der Waals surface area (Å²) in [6, 6.07) is 5.93. The van der Waals surface area contributed by atoms with Gasteiger partial charge in [-0.2, -0.15) is 0 Å². The van der Waals surface area contributed by atoms with E-state index in [1.165, 1.54) is 0 Å². The molecule has 0 radical (unpaired) electrons. The second-order valence-electron chi connectivity index (χ2n) is 5.71. The van der Waals surface area contributed by atoms with Crippen LogP contribution in [0.25, 0.3) is 0 Å². The van der Waals surface area contributed by atoms with E-state index in [2.05, 4.69) is 18.7 Å². The van der Waals surface area contributed by atoms with Crippen molar-refractivity contribution < 1.29 is 14.3 Å². The van der Waals surface area contributed by atoms with Crippen LogP contribution < -0.4 is 9.47 Å². The van der Waals surface area contributed by atoms with Gasteiger partial charge < -0.3 is 19.3 Å². The van der Waals surface area contributed by atoms with Crippen LogP contribution in [0.2, 0.25) is 0 Å². The topological polar surface area (TPSA) is 42.0 Å². The van der Waals surface area contributed by atoms with Gasteiger partial charge in [-0.1, -0.05) is 26.0 Å². The van der Waals surface area contributed by atoms with Gasteiger partial charge >= 0.3 is 0 Å². The highest BCUT2D eigenvalue weighted by Gasteiger charge is 2.35. The number of hydrogen-bond acceptors (Lipinski definition) is 5. The number of benzene rings is 1. The highest BCUT2D eigenvalue weighted by Crippen LogP contribution is 2.47. The lowest BCUT2D eigenvalue weighted by molar-refractivity contribution is -0.128. The lowest BCUT2D eigenvalue weighted by Gasteiger charge is -2.26. The Balaban J connectivity index is 1.69. The molecule has 1 aromatic rings. The molecule has 126 valence electrons. The van der Waals surface area contributed by atoms with Crippen LogP contribution in [0, 0.1) is 0 Å². The number of carbonyl (C=O) groups excluding carboxylic acids is 1. The molecule has 1 fully saturated rings. The van der Waals surface area contributed by atoms with Crippen molar-refractivity contribution in [1.29, 1.82) is 0 Å². The maximum Gasteiger partial charge on any atom is 0.233 e. The molecule has 6 heteroatoms. The van der Waals surface area contributed by atoms with Gasteiger partial charge in [0.1, 0.15) is 5.37 Å². The molecular formula is C17H24N2O3S. The summed E-state index contributed by atoms with van der Waals surface area (Å²) in [5.74, 6) is 2.34. The molecule has 1 aromatic carbocycles. The number of rotatable bonds is 7. The average molecular weight is 336 g/mol. The highest BCUT2D eigenvalue weighted by molar-refractivity contribution is 8.00. The first kappa shape index (κ1) is 16.5. The number of carbonyl (C=O) groups is 1. The molecule has 0 spiro atoms. The standard InChI is InChI=1S/C17H24N2O3S/c1-3-18(4-2)9-6-10-19-15(20)11-23-17(19)13-7-5-8-14-16(13)22-12-21-14/h5,7-8,17H,3-4,6,9-12H2,1-2H3. The summed E-state index contributed by atoms with van der Waals surface area (Å²) in [4.78, 5) is 16.7. The van der Waals surface area contributed by atoms with Crippen molar-refractivity contribution in [2.45, 2.75) is 25.6 Å². The third-order valence-corrected chi connectivity index (χ3v) is 5.67. The lowest BCUT2D eigenvalue weighted by atomic mass is 10.1. The molecule has 3 rings (SSSR count). The molecule has 0 saturated carbocycles. The Bertz CT molecular complexity index is 563. The maximum atomic E-state index is 12.3. The van der Waals surface area contributed by atoms with Crippen molar-refractivity contribution in [2.75, 3.05) is 38.7 Å². The van der Waals surface area contributed by atoms with Gasteiger partial charge in [-0.3, -0.25) is 4.79 Å². The number of amides is 1. The monoisotopic (exact) mass is 336 g/mol. The Morgan fingerprint density at radius 2 is 2.13 bits per heavy atom. The van der Waals surface area contributed by atoms with Crippen LogP contribution in [0.3, 0.4) is 0 Å². The van der Waals surface area contributed by atoms with Crippen LogP contribution in [0.15, 0.2) is 18.2 Å². The van der Waals surface area contributed by atoms with Gasteiger partial charge in [-0.05, 0) is 32.1 Å². The molecule has 0 aromatic heterocycles. The van der Waals surface area contributed by atoms with Gasteiger partial charge in [0.25, 0.3) is 0 Å². The fourth-order valence-electron chi connectivity index (χ4n) is 3.11. The van der Waals surface area contributed by atoms with Crippen molar-refractivity contribution in [2.24, 2.45) is 0 Å². The van der Waals surface area contributed by atoms with Gasteiger partial charge in [0.2, 0.25) is 12.7 Å². The molecule has 0 aliphatic carbocycles. The predicted molar refractivity (Wildman–Crippen MR) is 91.9 cm³/mol. The van der Waals surface area contributed by atoms with Crippen LogP contribution in [-0.2, 0) is 4.79 Å². The van der Waals surface area contributed by atoms with Gasteiger partial charge in [-0.25, -0.2) is 0 Å². The van der Waals surface area contributed by atoms with Gasteiger partial charge in [-0.15, -0.1) is 11.8 Å². The first-order chi connectivity index (χ1) is 11.2. The normalized spacial score (nSPS) is 19.9. The van der Waals surface area contributed by atoms with E-state index in [4.69, 9.17) is 9.47 Å². The smallest absolute Gasteiger partial charge is 0.233 e. The van der Waals surface area contributed by atoms with E-state index < -0.39 is 0 Å². The third kappa shape index (κ3) is 3.43. The van der Waals surface area contributed by atoms with Gasteiger partial charge in [0, 0.05) is 12.1 Å². The summed E-state index contributed by atoms with van der Waals surface area (Å²) in [6.45, 7) is 8.54. The fourth-order valence-corrected chi connectivity index (χ4v) is 4.34. The highest BCUT2D eigenvalue weighted by atomic mass is 32.2.